The molecule has 0 fully saturated rings. The van der Waals surface area contributed by atoms with E-state index in [1.807, 2.05) is 48.5 Å². The quantitative estimate of drug-likeness (QED) is 0.438. The SMILES string of the molecule is C=C(N[C@H](C(=O)OC)C(C)(C)NC(=O)OC(C)(C)C)c1ccc(-c2ccccc2N)cc1. The highest BCUT2D eigenvalue weighted by Crippen LogP contribution is 2.27. The molecule has 0 radical (unpaired) electrons. The molecule has 0 saturated carbocycles. The predicted octanol–water partition coefficient (Wildman–Crippen LogP) is 4.34. The normalized spacial score (nSPS) is 12.4. The van der Waals surface area contributed by atoms with Crippen LogP contribution >= 0.6 is 0 Å². The van der Waals surface area contributed by atoms with Crippen LogP contribution in [0.4, 0.5) is 10.5 Å². The molecule has 7 nitrogen and oxygen atoms in total. The molecule has 0 saturated heterocycles. The number of nitrogens with one attached hydrogen (secondary N) is 2. The molecule has 0 unspecified atom stereocenters. The van der Waals surface area contributed by atoms with Crippen molar-refractivity contribution in [1.82, 2.24) is 10.6 Å². The van der Waals surface area contributed by atoms with Gasteiger partial charge in [-0.25, -0.2) is 9.59 Å². The van der Waals surface area contributed by atoms with Crippen molar-refractivity contribution in [3.05, 3.63) is 60.7 Å². The van der Waals surface area contributed by atoms with Crippen molar-refractivity contribution >= 4 is 23.4 Å². The van der Waals surface area contributed by atoms with Crippen LogP contribution in [0.3, 0.4) is 0 Å². The molecule has 1 atom stereocenters. The second-order valence-electron chi connectivity index (χ2n) is 9.09. The van der Waals surface area contributed by atoms with E-state index in [9.17, 15) is 9.59 Å². The van der Waals surface area contributed by atoms with Gasteiger partial charge in [0.15, 0.2) is 0 Å². The lowest BCUT2D eigenvalue weighted by Crippen LogP contribution is -2.61. The molecule has 0 bridgehead atoms. The predicted molar refractivity (Wildman–Crippen MR) is 128 cm³/mol. The van der Waals surface area contributed by atoms with Crippen LogP contribution in [0, 0.1) is 0 Å². The number of nitrogens with two attached hydrogens (primary N) is 1. The number of ether oxygens (including phenoxy) is 2. The molecule has 0 aliphatic heterocycles. The maximum atomic E-state index is 12.5. The molecule has 0 aliphatic rings. The van der Waals surface area contributed by atoms with Gasteiger partial charge in [-0.15, -0.1) is 0 Å². The first-order chi connectivity index (χ1) is 14.8. The number of carbonyl (C=O) groups excluding carboxylic acids is 2. The first-order valence-corrected chi connectivity index (χ1v) is 10.3. The van der Waals surface area contributed by atoms with Crippen LogP contribution in [0.1, 0.15) is 40.2 Å². The molecule has 7 heteroatoms. The van der Waals surface area contributed by atoms with Gasteiger partial charge in [-0.05, 0) is 51.8 Å². The molecule has 172 valence electrons. The summed E-state index contributed by atoms with van der Waals surface area (Å²) in [6, 6.07) is 14.4. The van der Waals surface area contributed by atoms with E-state index in [1.54, 1.807) is 34.6 Å². The highest BCUT2D eigenvalue weighted by Gasteiger charge is 2.39. The zero-order chi connectivity index (χ0) is 24.1. The fraction of sp³-hybridized carbons (Fsp3) is 0.360. The zero-order valence-corrected chi connectivity index (χ0v) is 19.6. The summed E-state index contributed by atoms with van der Waals surface area (Å²) in [7, 11) is 1.29. The molecular weight excluding hydrogens is 406 g/mol. The average Bonchev–Trinajstić information content (AvgIpc) is 2.69. The van der Waals surface area contributed by atoms with Crippen molar-refractivity contribution < 1.29 is 19.1 Å². The number of carbonyl (C=O) groups is 2. The lowest BCUT2D eigenvalue weighted by molar-refractivity contribution is -0.144. The topological polar surface area (TPSA) is 103 Å². The molecular formula is C25H33N3O4. The number of para-hydroxylation sites is 1. The van der Waals surface area contributed by atoms with Gasteiger partial charge in [-0.3, -0.25) is 0 Å². The van der Waals surface area contributed by atoms with Gasteiger partial charge in [0.1, 0.15) is 11.6 Å². The molecule has 2 aromatic carbocycles. The van der Waals surface area contributed by atoms with E-state index in [0.717, 1.165) is 16.7 Å². The largest absolute Gasteiger partial charge is 0.467 e. The first-order valence-electron chi connectivity index (χ1n) is 10.3. The number of esters is 1. The van der Waals surface area contributed by atoms with Gasteiger partial charge in [-0.1, -0.05) is 49.0 Å². The van der Waals surface area contributed by atoms with Crippen LogP contribution in [-0.2, 0) is 14.3 Å². The summed E-state index contributed by atoms with van der Waals surface area (Å²) in [5.41, 5.74) is 8.26. The third-order valence-electron chi connectivity index (χ3n) is 4.81. The number of alkyl carbamates (subject to hydrolysis) is 1. The number of benzene rings is 2. The number of amides is 1. The molecule has 1 amide bonds. The standard InChI is InChI=1S/C25H33N3O4/c1-16(17-12-14-18(15-13-17)19-10-8-9-11-20(19)26)27-21(22(29)31-7)25(5,6)28-23(30)32-24(2,3)4/h8-15,21,27H,1,26H2,2-7H3,(H,28,30)/t21-/m1/s1. The van der Waals surface area contributed by atoms with Crippen molar-refractivity contribution in [2.45, 2.75) is 51.8 Å². The summed E-state index contributed by atoms with van der Waals surface area (Å²) >= 11 is 0. The Bertz CT molecular complexity index is 975. The van der Waals surface area contributed by atoms with Crippen molar-refractivity contribution in [3.8, 4) is 11.1 Å². The number of anilines is 1. The van der Waals surface area contributed by atoms with E-state index >= 15 is 0 Å². The first kappa shape index (κ1) is 24.8. The summed E-state index contributed by atoms with van der Waals surface area (Å²) in [6.45, 7) is 12.8. The molecule has 0 aliphatic carbocycles. The average molecular weight is 440 g/mol. The lowest BCUT2D eigenvalue weighted by Gasteiger charge is -2.35. The van der Waals surface area contributed by atoms with E-state index < -0.39 is 29.2 Å². The van der Waals surface area contributed by atoms with Crippen LogP contribution in [0.25, 0.3) is 16.8 Å². The maximum absolute atomic E-state index is 12.5. The van der Waals surface area contributed by atoms with Crippen molar-refractivity contribution in [1.29, 1.82) is 0 Å². The molecule has 0 spiro atoms. The lowest BCUT2D eigenvalue weighted by atomic mass is 9.93. The van der Waals surface area contributed by atoms with Crippen LogP contribution in [0.2, 0.25) is 0 Å². The van der Waals surface area contributed by atoms with Crippen LogP contribution in [0.5, 0.6) is 0 Å². The number of hydrogen-bond acceptors (Lipinski definition) is 6. The van der Waals surface area contributed by atoms with E-state index in [4.69, 9.17) is 15.2 Å². The summed E-state index contributed by atoms with van der Waals surface area (Å²) in [5, 5.41) is 5.84. The summed E-state index contributed by atoms with van der Waals surface area (Å²) in [4.78, 5) is 24.8. The summed E-state index contributed by atoms with van der Waals surface area (Å²) in [6.07, 6.45) is -0.631. The number of methoxy groups -OCH3 is 1. The van der Waals surface area contributed by atoms with E-state index in [2.05, 4.69) is 17.2 Å². The Morgan fingerprint density at radius 1 is 1.00 bits per heavy atom. The van der Waals surface area contributed by atoms with Crippen LogP contribution in [-0.4, -0.2) is 36.4 Å². The third-order valence-corrected chi connectivity index (χ3v) is 4.81. The summed E-state index contributed by atoms with van der Waals surface area (Å²) in [5.74, 6) is -0.541. The number of rotatable bonds is 7. The van der Waals surface area contributed by atoms with Crippen LogP contribution < -0.4 is 16.4 Å². The van der Waals surface area contributed by atoms with Gasteiger partial charge in [0.25, 0.3) is 0 Å². The van der Waals surface area contributed by atoms with Crippen molar-refractivity contribution in [2.24, 2.45) is 0 Å². The Balaban J connectivity index is 2.20. The second-order valence-corrected chi connectivity index (χ2v) is 9.09. The Morgan fingerprint density at radius 2 is 1.59 bits per heavy atom. The number of nitrogen functional groups attached to an aromatic ring is 1. The Kier molecular flexibility index (Phi) is 7.56. The van der Waals surface area contributed by atoms with E-state index in [1.165, 1.54) is 7.11 Å². The Labute approximate surface area is 190 Å². The highest BCUT2D eigenvalue weighted by atomic mass is 16.6. The fourth-order valence-electron chi connectivity index (χ4n) is 3.16. The van der Waals surface area contributed by atoms with E-state index in [-0.39, 0.29) is 0 Å². The molecule has 0 heterocycles. The van der Waals surface area contributed by atoms with Gasteiger partial charge in [0.05, 0.1) is 12.6 Å². The van der Waals surface area contributed by atoms with Gasteiger partial charge in [0.2, 0.25) is 0 Å². The molecule has 4 N–H and O–H groups in total. The summed E-state index contributed by atoms with van der Waals surface area (Å²) < 4.78 is 10.3. The van der Waals surface area contributed by atoms with Crippen molar-refractivity contribution in [3.63, 3.8) is 0 Å². The number of hydrogen-bond donors (Lipinski definition) is 3. The molecule has 0 aromatic heterocycles. The minimum Gasteiger partial charge on any atom is -0.467 e. The highest BCUT2D eigenvalue weighted by molar-refractivity contribution is 5.82. The van der Waals surface area contributed by atoms with Gasteiger partial charge in [0, 0.05) is 16.9 Å². The smallest absolute Gasteiger partial charge is 0.408 e. The molecule has 2 rings (SSSR count). The van der Waals surface area contributed by atoms with Crippen LogP contribution in [0.15, 0.2) is 55.1 Å². The fourth-order valence-corrected chi connectivity index (χ4v) is 3.16. The maximum Gasteiger partial charge on any atom is 0.408 e. The van der Waals surface area contributed by atoms with Gasteiger partial charge in [-0.2, -0.15) is 0 Å². The minimum absolute atomic E-state index is 0.507. The van der Waals surface area contributed by atoms with Gasteiger partial charge < -0.3 is 25.8 Å². The Morgan fingerprint density at radius 3 is 2.12 bits per heavy atom. The minimum atomic E-state index is -1.03. The van der Waals surface area contributed by atoms with Gasteiger partial charge >= 0.3 is 12.1 Å². The Hall–Kier alpha value is -3.48. The van der Waals surface area contributed by atoms with E-state index in [0.29, 0.717) is 11.4 Å². The third kappa shape index (κ3) is 6.51. The second kappa shape index (κ2) is 9.77. The molecule has 32 heavy (non-hydrogen) atoms. The van der Waals surface area contributed by atoms with Crippen molar-refractivity contribution in [2.75, 3.05) is 12.8 Å². The zero-order valence-electron chi connectivity index (χ0n) is 19.6. The monoisotopic (exact) mass is 439 g/mol. The molecule has 2 aromatic rings.